The Bertz CT molecular complexity index is 557. The van der Waals surface area contributed by atoms with Gasteiger partial charge in [0.1, 0.15) is 0 Å². The molecule has 114 valence electrons. The van der Waals surface area contributed by atoms with Crippen LogP contribution in [0, 0.1) is 5.41 Å². The summed E-state index contributed by atoms with van der Waals surface area (Å²) in [6.07, 6.45) is 0.956. The molecule has 1 saturated heterocycles. The van der Waals surface area contributed by atoms with E-state index in [9.17, 15) is 9.90 Å². The summed E-state index contributed by atoms with van der Waals surface area (Å²) in [5.74, 6) is 0. The van der Waals surface area contributed by atoms with Crippen LogP contribution in [0.5, 0.6) is 0 Å². The van der Waals surface area contributed by atoms with Gasteiger partial charge in [-0.05, 0) is 36.3 Å². The zero-order valence-electron chi connectivity index (χ0n) is 13.4. The Labute approximate surface area is 127 Å². The SMILES string of the molecule is C=C(C)c1ccccc1C1CCC(C(C)(C)C)N1C(=O)O. The first-order valence-corrected chi connectivity index (χ1v) is 7.49. The number of likely N-dealkylation sites (tertiary alicyclic amines) is 1. The van der Waals surface area contributed by atoms with Gasteiger partial charge in [0.2, 0.25) is 0 Å². The minimum atomic E-state index is -0.825. The van der Waals surface area contributed by atoms with Crippen molar-refractivity contribution in [3.05, 3.63) is 42.0 Å². The quantitative estimate of drug-likeness (QED) is 0.836. The zero-order chi connectivity index (χ0) is 15.8. The molecule has 1 aliphatic rings. The van der Waals surface area contributed by atoms with E-state index in [0.29, 0.717) is 0 Å². The second-order valence-corrected chi connectivity index (χ2v) is 7.03. The fourth-order valence-corrected chi connectivity index (χ4v) is 3.41. The summed E-state index contributed by atoms with van der Waals surface area (Å²) < 4.78 is 0. The maximum absolute atomic E-state index is 11.8. The Kier molecular flexibility index (Phi) is 4.13. The third-order valence-corrected chi connectivity index (χ3v) is 4.39. The van der Waals surface area contributed by atoms with Crippen LogP contribution in [0.15, 0.2) is 30.8 Å². The highest BCUT2D eigenvalue weighted by Gasteiger charge is 2.43. The van der Waals surface area contributed by atoms with Crippen LogP contribution in [-0.4, -0.2) is 22.1 Å². The molecular weight excluding hydrogens is 262 g/mol. The first kappa shape index (κ1) is 15.6. The van der Waals surface area contributed by atoms with Crippen LogP contribution >= 0.6 is 0 Å². The third kappa shape index (κ3) is 2.97. The van der Waals surface area contributed by atoms with Gasteiger partial charge in [-0.3, -0.25) is 4.90 Å². The van der Waals surface area contributed by atoms with Gasteiger partial charge in [-0.1, -0.05) is 57.2 Å². The number of amides is 1. The fourth-order valence-electron chi connectivity index (χ4n) is 3.41. The second kappa shape index (κ2) is 5.55. The van der Waals surface area contributed by atoms with E-state index in [1.54, 1.807) is 4.90 Å². The van der Waals surface area contributed by atoms with Crippen LogP contribution in [0.2, 0.25) is 0 Å². The number of carboxylic acid groups (broad SMARTS) is 1. The average Bonchev–Trinajstić information content (AvgIpc) is 2.83. The maximum Gasteiger partial charge on any atom is 0.408 e. The largest absolute Gasteiger partial charge is 0.465 e. The van der Waals surface area contributed by atoms with E-state index in [1.807, 2.05) is 31.2 Å². The van der Waals surface area contributed by atoms with E-state index < -0.39 is 6.09 Å². The Hall–Kier alpha value is -1.77. The molecule has 0 spiro atoms. The molecule has 2 rings (SSSR count). The molecule has 1 aromatic carbocycles. The van der Waals surface area contributed by atoms with Crippen molar-refractivity contribution >= 4 is 11.7 Å². The first-order chi connectivity index (χ1) is 9.73. The highest BCUT2D eigenvalue weighted by molar-refractivity contribution is 5.70. The van der Waals surface area contributed by atoms with Gasteiger partial charge in [0.15, 0.2) is 0 Å². The van der Waals surface area contributed by atoms with Crippen molar-refractivity contribution in [1.82, 2.24) is 4.90 Å². The van der Waals surface area contributed by atoms with Crippen LogP contribution < -0.4 is 0 Å². The minimum absolute atomic E-state index is 0.0503. The van der Waals surface area contributed by atoms with Gasteiger partial charge in [-0.15, -0.1) is 0 Å². The summed E-state index contributed by atoms with van der Waals surface area (Å²) in [4.78, 5) is 13.5. The molecule has 1 fully saturated rings. The lowest BCUT2D eigenvalue weighted by Gasteiger charge is -2.36. The normalized spacial score (nSPS) is 22.4. The third-order valence-electron chi connectivity index (χ3n) is 4.39. The van der Waals surface area contributed by atoms with Crippen LogP contribution in [0.3, 0.4) is 0 Å². The molecule has 1 N–H and O–H groups in total. The minimum Gasteiger partial charge on any atom is -0.465 e. The van der Waals surface area contributed by atoms with E-state index in [2.05, 4.69) is 27.4 Å². The topological polar surface area (TPSA) is 40.5 Å². The van der Waals surface area contributed by atoms with Crippen LogP contribution in [0.25, 0.3) is 5.57 Å². The van der Waals surface area contributed by atoms with Crippen molar-refractivity contribution in [3.8, 4) is 0 Å². The molecule has 3 heteroatoms. The van der Waals surface area contributed by atoms with Gasteiger partial charge in [-0.2, -0.15) is 0 Å². The van der Waals surface area contributed by atoms with Crippen molar-refractivity contribution in [2.24, 2.45) is 5.41 Å². The fraction of sp³-hybridized carbons (Fsp3) is 0.500. The van der Waals surface area contributed by atoms with Crippen LogP contribution in [0.4, 0.5) is 4.79 Å². The Morgan fingerprint density at radius 1 is 1.29 bits per heavy atom. The Morgan fingerprint density at radius 2 is 1.90 bits per heavy atom. The number of carbonyl (C=O) groups is 1. The van der Waals surface area contributed by atoms with Gasteiger partial charge in [-0.25, -0.2) is 4.79 Å². The number of hydrogen-bond acceptors (Lipinski definition) is 1. The summed E-state index contributed by atoms with van der Waals surface area (Å²) in [6, 6.07) is 8.01. The predicted octanol–water partition coefficient (Wildman–Crippen LogP) is 4.95. The molecule has 0 aromatic heterocycles. The van der Waals surface area contributed by atoms with Gasteiger partial charge in [0.05, 0.1) is 6.04 Å². The standard InChI is InChI=1S/C18H25NO2/c1-12(2)13-8-6-7-9-14(13)15-10-11-16(18(3,4)5)19(15)17(20)21/h6-9,15-16H,1,10-11H2,2-5H3,(H,20,21). The van der Waals surface area contributed by atoms with E-state index >= 15 is 0 Å². The monoisotopic (exact) mass is 287 g/mol. The summed E-state index contributed by atoms with van der Waals surface area (Å²) >= 11 is 0. The molecule has 1 aromatic rings. The molecule has 0 radical (unpaired) electrons. The number of allylic oxidation sites excluding steroid dienone is 1. The molecule has 1 aliphatic heterocycles. The molecule has 1 amide bonds. The summed E-state index contributed by atoms with van der Waals surface area (Å²) in [7, 11) is 0. The smallest absolute Gasteiger partial charge is 0.408 e. The van der Waals surface area contributed by atoms with E-state index in [-0.39, 0.29) is 17.5 Å². The van der Waals surface area contributed by atoms with Crippen molar-refractivity contribution in [3.63, 3.8) is 0 Å². The molecule has 2 unspecified atom stereocenters. The molecule has 1 heterocycles. The highest BCUT2D eigenvalue weighted by Crippen LogP contribution is 2.44. The number of rotatable bonds is 2. The van der Waals surface area contributed by atoms with E-state index in [0.717, 1.165) is 29.5 Å². The van der Waals surface area contributed by atoms with E-state index in [1.165, 1.54) is 0 Å². The van der Waals surface area contributed by atoms with Gasteiger partial charge in [0.25, 0.3) is 0 Å². The van der Waals surface area contributed by atoms with E-state index in [4.69, 9.17) is 0 Å². The van der Waals surface area contributed by atoms with Crippen molar-refractivity contribution < 1.29 is 9.90 Å². The van der Waals surface area contributed by atoms with Gasteiger partial charge >= 0.3 is 6.09 Å². The van der Waals surface area contributed by atoms with Crippen molar-refractivity contribution in [1.29, 1.82) is 0 Å². The highest BCUT2D eigenvalue weighted by atomic mass is 16.4. The predicted molar refractivity (Wildman–Crippen MR) is 86.2 cm³/mol. The molecule has 0 aliphatic carbocycles. The molecule has 0 saturated carbocycles. The van der Waals surface area contributed by atoms with Gasteiger partial charge < -0.3 is 5.11 Å². The van der Waals surface area contributed by atoms with Crippen LogP contribution in [-0.2, 0) is 0 Å². The molecule has 2 atom stereocenters. The average molecular weight is 287 g/mol. The van der Waals surface area contributed by atoms with Gasteiger partial charge in [0, 0.05) is 6.04 Å². The first-order valence-electron chi connectivity index (χ1n) is 7.49. The second-order valence-electron chi connectivity index (χ2n) is 7.03. The number of nitrogens with zero attached hydrogens (tertiary/aromatic N) is 1. The van der Waals surface area contributed by atoms with Crippen LogP contribution in [0.1, 0.15) is 57.7 Å². The molecule has 0 bridgehead atoms. The summed E-state index contributed by atoms with van der Waals surface area (Å²) in [5, 5.41) is 9.71. The maximum atomic E-state index is 11.8. The lowest BCUT2D eigenvalue weighted by Crippen LogP contribution is -2.43. The lowest BCUT2D eigenvalue weighted by molar-refractivity contribution is 0.0868. The van der Waals surface area contributed by atoms with Crippen molar-refractivity contribution in [2.45, 2.75) is 52.6 Å². The zero-order valence-corrected chi connectivity index (χ0v) is 13.4. The number of benzene rings is 1. The molecule has 3 nitrogen and oxygen atoms in total. The Morgan fingerprint density at radius 3 is 2.43 bits per heavy atom. The summed E-state index contributed by atoms with van der Waals surface area (Å²) in [5.41, 5.74) is 3.09. The Balaban J connectivity index is 2.45. The number of hydrogen-bond donors (Lipinski definition) is 1. The summed E-state index contributed by atoms with van der Waals surface area (Å²) in [6.45, 7) is 12.3. The lowest BCUT2D eigenvalue weighted by atomic mass is 9.85. The molecular formula is C18H25NO2. The molecule has 21 heavy (non-hydrogen) atoms. The van der Waals surface area contributed by atoms with Crippen molar-refractivity contribution in [2.75, 3.05) is 0 Å².